The van der Waals surface area contributed by atoms with E-state index in [9.17, 15) is 4.79 Å². The van der Waals surface area contributed by atoms with Gasteiger partial charge in [0.05, 0.1) is 18.3 Å². The molecule has 7 heteroatoms. The van der Waals surface area contributed by atoms with Gasteiger partial charge in [0, 0.05) is 31.7 Å². The van der Waals surface area contributed by atoms with Gasteiger partial charge in [0.2, 0.25) is 0 Å². The van der Waals surface area contributed by atoms with Crippen molar-refractivity contribution in [2.75, 3.05) is 23.7 Å². The van der Waals surface area contributed by atoms with Crippen LogP contribution in [0.3, 0.4) is 0 Å². The van der Waals surface area contributed by atoms with Crippen molar-refractivity contribution in [3.05, 3.63) is 65.2 Å². The van der Waals surface area contributed by atoms with Crippen LogP contribution in [-0.2, 0) is 13.0 Å². The number of hydrogen-bond acceptors (Lipinski definition) is 6. The summed E-state index contributed by atoms with van der Waals surface area (Å²) in [5.74, 6) is 4.33. The minimum Gasteiger partial charge on any atom is -0.383 e. The first-order valence-corrected chi connectivity index (χ1v) is 11.9. The Morgan fingerprint density at radius 2 is 1.88 bits per heavy atom. The van der Waals surface area contributed by atoms with E-state index in [-0.39, 0.29) is 5.78 Å². The molecule has 3 aliphatic rings. The number of nitrogen functional groups attached to an aromatic ring is 1. The fourth-order valence-electron chi connectivity index (χ4n) is 5.24. The number of aromatic nitrogens is 4. The summed E-state index contributed by atoms with van der Waals surface area (Å²) in [6.45, 7) is 6.77. The Kier molecular flexibility index (Phi) is 5.87. The lowest BCUT2D eigenvalue weighted by atomic mass is 9.77. The van der Waals surface area contributed by atoms with E-state index in [1.54, 1.807) is 30.2 Å². The summed E-state index contributed by atoms with van der Waals surface area (Å²) >= 11 is 0. The number of carbonyl (C=O) groups is 1. The molecule has 0 amide bonds. The summed E-state index contributed by atoms with van der Waals surface area (Å²) in [7, 11) is 0. The second-order valence-corrected chi connectivity index (χ2v) is 9.71. The SMILES string of the molecule is CC(=O)c1cnn(Cc2ccc(N3CC4CCC4C3)nc2)c1.C[C@@H]1CCc2c1ccnc2N. The van der Waals surface area contributed by atoms with Crippen molar-refractivity contribution in [2.24, 2.45) is 11.8 Å². The highest BCUT2D eigenvalue weighted by atomic mass is 16.1. The topological polar surface area (TPSA) is 89.9 Å². The fourth-order valence-corrected chi connectivity index (χ4v) is 5.24. The van der Waals surface area contributed by atoms with Crippen LogP contribution in [-0.4, -0.2) is 38.6 Å². The third-order valence-electron chi connectivity index (χ3n) is 7.49. The Labute approximate surface area is 195 Å². The first-order valence-electron chi connectivity index (χ1n) is 11.9. The highest BCUT2D eigenvalue weighted by molar-refractivity contribution is 5.93. The zero-order valence-corrected chi connectivity index (χ0v) is 19.4. The average Bonchev–Trinajstić information content (AvgIpc) is 3.49. The smallest absolute Gasteiger partial charge is 0.162 e. The zero-order valence-electron chi connectivity index (χ0n) is 19.4. The minimum atomic E-state index is 0.0448. The molecule has 33 heavy (non-hydrogen) atoms. The van der Waals surface area contributed by atoms with Gasteiger partial charge in [-0.1, -0.05) is 13.0 Å². The van der Waals surface area contributed by atoms with Crippen LogP contribution in [0.5, 0.6) is 0 Å². The lowest BCUT2D eigenvalue weighted by Gasteiger charge is -2.27. The molecule has 2 unspecified atom stereocenters. The van der Waals surface area contributed by atoms with Crippen molar-refractivity contribution < 1.29 is 4.79 Å². The van der Waals surface area contributed by atoms with E-state index in [1.807, 2.05) is 6.20 Å². The number of Topliss-reactive ketones (excluding diaryl/α,β-unsaturated/α-hetero) is 1. The van der Waals surface area contributed by atoms with Gasteiger partial charge in [-0.3, -0.25) is 9.48 Å². The quantitative estimate of drug-likeness (QED) is 0.610. The summed E-state index contributed by atoms with van der Waals surface area (Å²) in [5, 5.41) is 4.22. The largest absolute Gasteiger partial charge is 0.383 e. The predicted octanol–water partition coefficient (Wildman–Crippen LogP) is 4.09. The van der Waals surface area contributed by atoms with Crippen LogP contribution in [0.25, 0.3) is 0 Å². The molecule has 7 nitrogen and oxygen atoms in total. The third-order valence-corrected chi connectivity index (χ3v) is 7.49. The molecule has 1 saturated carbocycles. The first-order chi connectivity index (χ1) is 16.0. The van der Waals surface area contributed by atoms with Gasteiger partial charge in [-0.15, -0.1) is 0 Å². The minimum absolute atomic E-state index is 0.0448. The van der Waals surface area contributed by atoms with Gasteiger partial charge in [0.15, 0.2) is 5.78 Å². The van der Waals surface area contributed by atoms with E-state index in [4.69, 9.17) is 5.73 Å². The van der Waals surface area contributed by atoms with Crippen molar-refractivity contribution in [3.8, 4) is 0 Å². The highest BCUT2D eigenvalue weighted by Gasteiger charge is 2.39. The Bertz CT molecular complexity index is 1130. The molecule has 172 valence electrons. The Hall–Kier alpha value is -3.22. The summed E-state index contributed by atoms with van der Waals surface area (Å²) in [5.41, 5.74) is 10.2. The number of nitrogens with zero attached hydrogens (tertiary/aromatic N) is 5. The first kappa shape index (κ1) is 21.6. The number of carbonyl (C=O) groups excluding carboxylic acids is 1. The molecular weight excluding hydrogens is 412 g/mol. The lowest BCUT2D eigenvalue weighted by Crippen LogP contribution is -2.22. The summed E-state index contributed by atoms with van der Waals surface area (Å²) in [6.07, 6.45) is 12.2. The molecule has 0 aromatic carbocycles. The van der Waals surface area contributed by atoms with Crippen LogP contribution in [0.2, 0.25) is 0 Å². The Morgan fingerprint density at radius 3 is 2.48 bits per heavy atom. The van der Waals surface area contributed by atoms with Crippen LogP contribution < -0.4 is 10.6 Å². The van der Waals surface area contributed by atoms with Crippen LogP contribution in [0.15, 0.2) is 43.0 Å². The highest BCUT2D eigenvalue weighted by Crippen LogP contribution is 2.41. The standard InChI is InChI=1S/C17H20N4O.C9H12N2/c1-12(22)16-7-19-21(11-16)8-13-2-5-17(18-6-13)20-9-14-3-4-15(14)10-20;1-6-2-3-8-7(6)4-5-11-9(8)10/h2,5-7,11,14-15H,3-4,8-10H2,1H3;4-6H,2-3H2,1H3,(H2,10,11)/t;6-/m.1/s1. The van der Waals surface area contributed by atoms with Gasteiger partial charge in [0.25, 0.3) is 0 Å². The van der Waals surface area contributed by atoms with Gasteiger partial charge in [-0.2, -0.15) is 5.10 Å². The molecule has 2 fully saturated rings. The van der Waals surface area contributed by atoms with Crippen molar-refractivity contribution in [2.45, 2.75) is 52.0 Å². The number of rotatable bonds is 4. The van der Waals surface area contributed by atoms with E-state index >= 15 is 0 Å². The molecule has 3 aromatic heterocycles. The molecular formula is C26H32N6O. The average molecular weight is 445 g/mol. The van der Waals surface area contributed by atoms with Gasteiger partial charge in [0.1, 0.15) is 11.6 Å². The lowest BCUT2D eigenvalue weighted by molar-refractivity contribution is 0.101. The van der Waals surface area contributed by atoms with Crippen molar-refractivity contribution in [1.29, 1.82) is 0 Å². The summed E-state index contributed by atoms with van der Waals surface area (Å²) in [4.78, 5) is 22.4. The van der Waals surface area contributed by atoms with Gasteiger partial charge in [-0.25, -0.2) is 9.97 Å². The van der Waals surface area contributed by atoms with E-state index < -0.39 is 0 Å². The predicted molar refractivity (Wildman–Crippen MR) is 129 cm³/mol. The van der Waals surface area contributed by atoms with Crippen LogP contribution in [0.4, 0.5) is 11.6 Å². The maximum atomic E-state index is 11.3. The molecule has 0 bridgehead atoms. The molecule has 4 heterocycles. The van der Waals surface area contributed by atoms with Gasteiger partial charge in [-0.05, 0) is 79.2 Å². The van der Waals surface area contributed by atoms with Crippen LogP contribution >= 0.6 is 0 Å². The van der Waals surface area contributed by atoms with Gasteiger partial charge >= 0.3 is 0 Å². The summed E-state index contributed by atoms with van der Waals surface area (Å²) in [6, 6.07) is 6.30. The monoisotopic (exact) mass is 444 g/mol. The van der Waals surface area contributed by atoms with Crippen LogP contribution in [0, 0.1) is 11.8 Å². The number of nitrogens with two attached hydrogens (primary N) is 1. The second-order valence-electron chi connectivity index (χ2n) is 9.71. The van der Waals surface area contributed by atoms with Crippen molar-refractivity contribution >= 4 is 17.4 Å². The number of fused-ring (bicyclic) bond motifs is 2. The molecule has 0 spiro atoms. The van der Waals surface area contributed by atoms with Crippen LogP contribution in [0.1, 0.15) is 66.1 Å². The molecule has 3 atom stereocenters. The van der Waals surface area contributed by atoms with Crippen molar-refractivity contribution in [3.63, 3.8) is 0 Å². The summed E-state index contributed by atoms with van der Waals surface area (Å²) < 4.78 is 1.78. The zero-order chi connectivity index (χ0) is 22.9. The third kappa shape index (κ3) is 4.49. The molecule has 0 radical (unpaired) electrons. The number of ketones is 1. The molecule has 6 rings (SSSR count). The van der Waals surface area contributed by atoms with E-state index in [1.165, 1.54) is 30.4 Å². The van der Waals surface area contributed by atoms with Crippen molar-refractivity contribution in [1.82, 2.24) is 19.7 Å². The number of pyridine rings is 2. The van der Waals surface area contributed by atoms with E-state index in [2.05, 4.69) is 45.1 Å². The molecule has 2 N–H and O–H groups in total. The Morgan fingerprint density at radius 1 is 1.09 bits per heavy atom. The van der Waals surface area contributed by atoms with E-state index in [0.717, 1.165) is 48.5 Å². The number of anilines is 2. The number of hydrogen-bond donors (Lipinski definition) is 1. The fraction of sp³-hybridized carbons (Fsp3) is 0.462. The molecule has 1 aliphatic heterocycles. The maximum Gasteiger partial charge on any atom is 0.162 e. The normalized spacial score (nSPS) is 22.7. The molecule has 2 aliphatic carbocycles. The molecule has 1 saturated heterocycles. The van der Waals surface area contributed by atoms with E-state index in [0.29, 0.717) is 18.0 Å². The maximum absolute atomic E-state index is 11.3. The molecule has 3 aromatic rings. The second kappa shape index (κ2) is 8.96. The Balaban J connectivity index is 0.000000174. The van der Waals surface area contributed by atoms with Gasteiger partial charge < -0.3 is 10.6 Å².